The zero-order valence-corrected chi connectivity index (χ0v) is 16.0. The summed E-state index contributed by atoms with van der Waals surface area (Å²) in [4.78, 5) is 31.4. The summed E-state index contributed by atoms with van der Waals surface area (Å²) < 4.78 is 1.94. The number of rotatable bonds is 4. The van der Waals surface area contributed by atoms with Gasteiger partial charge in [0.15, 0.2) is 0 Å². The van der Waals surface area contributed by atoms with Crippen molar-refractivity contribution >= 4 is 22.9 Å². The summed E-state index contributed by atoms with van der Waals surface area (Å²) in [6.07, 6.45) is 6.25. The number of imidazole rings is 1. The molecule has 1 amide bonds. The maximum atomic E-state index is 12.7. The van der Waals surface area contributed by atoms with Gasteiger partial charge in [-0.1, -0.05) is 0 Å². The minimum Gasteiger partial charge on any atom is -0.360 e. The molecule has 1 aromatic carbocycles. The number of benzene rings is 1. The van der Waals surface area contributed by atoms with Crippen molar-refractivity contribution < 1.29 is 4.79 Å². The Morgan fingerprint density at radius 1 is 1.24 bits per heavy atom. The molecule has 4 aromatic rings. The third-order valence-electron chi connectivity index (χ3n) is 5.31. The first-order valence-electron chi connectivity index (χ1n) is 9.61. The van der Waals surface area contributed by atoms with Gasteiger partial charge < -0.3 is 19.8 Å². The molecule has 0 aliphatic carbocycles. The summed E-state index contributed by atoms with van der Waals surface area (Å²) in [6.45, 7) is 1.49. The molecule has 4 heterocycles. The van der Waals surface area contributed by atoms with E-state index in [0.717, 1.165) is 35.4 Å². The van der Waals surface area contributed by atoms with Gasteiger partial charge in [0.25, 0.3) is 5.91 Å². The van der Waals surface area contributed by atoms with Gasteiger partial charge in [0.1, 0.15) is 0 Å². The molecule has 146 valence electrons. The van der Waals surface area contributed by atoms with Gasteiger partial charge in [-0.25, -0.2) is 15.0 Å². The monoisotopic (exact) mass is 387 g/mol. The predicted octanol–water partition coefficient (Wildman–Crippen LogP) is 2.37. The fourth-order valence-electron chi connectivity index (χ4n) is 3.75. The Balaban J connectivity index is 1.27. The van der Waals surface area contributed by atoms with Crippen LogP contribution in [0.2, 0.25) is 0 Å². The molecule has 0 radical (unpaired) electrons. The molecule has 0 spiro atoms. The van der Waals surface area contributed by atoms with Crippen molar-refractivity contribution in [3.8, 4) is 11.4 Å². The van der Waals surface area contributed by atoms with Crippen LogP contribution in [0.3, 0.4) is 0 Å². The largest absolute Gasteiger partial charge is 0.360 e. The average molecular weight is 387 g/mol. The van der Waals surface area contributed by atoms with E-state index in [2.05, 4.69) is 30.2 Å². The first-order chi connectivity index (χ1) is 14.2. The molecule has 0 saturated carbocycles. The van der Waals surface area contributed by atoms with E-state index < -0.39 is 0 Å². The Kier molecular flexibility index (Phi) is 4.23. The Morgan fingerprint density at radius 2 is 2.17 bits per heavy atom. The van der Waals surface area contributed by atoms with E-state index in [9.17, 15) is 4.79 Å². The highest BCUT2D eigenvalue weighted by Gasteiger charge is 2.26. The van der Waals surface area contributed by atoms with Crippen molar-refractivity contribution in [1.82, 2.24) is 29.8 Å². The molecule has 5 rings (SSSR count). The van der Waals surface area contributed by atoms with Crippen molar-refractivity contribution in [1.29, 1.82) is 0 Å². The Hall–Kier alpha value is -3.68. The zero-order chi connectivity index (χ0) is 19.8. The van der Waals surface area contributed by atoms with Gasteiger partial charge in [-0.3, -0.25) is 4.79 Å². The number of nitrogens with one attached hydrogen (secondary N) is 2. The average Bonchev–Trinajstić information content (AvgIpc) is 3.50. The van der Waals surface area contributed by atoms with Crippen molar-refractivity contribution in [2.75, 3.05) is 18.0 Å². The number of aromatic nitrogens is 5. The predicted molar refractivity (Wildman–Crippen MR) is 111 cm³/mol. The summed E-state index contributed by atoms with van der Waals surface area (Å²) in [5, 5.41) is 3.13. The van der Waals surface area contributed by atoms with Crippen molar-refractivity contribution in [2.24, 2.45) is 7.05 Å². The number of fused-ring (bicyclic) bond motifs is 1. The molecular weight excluding hydrogens is 366 g/mol. The minimum absolute atomic E-state index is 0.0553. The molecule has 8 nitrogen and oxygen atoms in total. The smallest absolute Gasteiger partial charge is 0.251 e. The molecule has 0 bridgehead atoms. The molecule has 1 fully saturated rings. The van der Waals surface area contributed by atoms with Gasteiger partial charge in [0.05, 0.1) is 28.7 Å². The van der Waals surface area contributed by atoms with Crippen LogP contribution < -0.4 is 10.2 Å². The second-order valence-corrected chi connectivity index (χ2v) is 7.29. The summed E-state index contributed by atoms with van der Waals surface area (Å²) in [5.41, 5.74) is 4.27. The standard InChI is InChI=1S/C21H21N7O/c1-27-13-24-18-11-14(4-5-19(18)27)20(29)25-15-7-10-28(12-15)21-23-9-6-17(26-21)16-3-2-8-22-16/h2-6,8-9,11,13,15,22H,7,10,12H2,1H3,(H,25,29). The van der Waals surface area contributed by atoms with E-state index in [1.807, 2.05) is 54.2 Å². The van der Waals surface area contributed by atoms with E-state index in [-0.39, 0.29) is 11.9 Å². The molecule has 1 aliphatic rings. The molecule has 3 aromatic heterocycles. The highest BCUT2D eigenvalue weighted by molar-refractivity contribution is 5.97. The van der Waals surface area contributed by atoms with Crippen LogP contribution in [0.4, 0.5) is 5.95 Å². The number of carbonyl (C=O) groups excluding carboxylic acids is 1. The number of amides is 1. The van der Waals surface area contributed by atoms with Crippen LogP contribution in [0.5, 0.6) is 0 Å². The van der Waals surface area contributed by atoms with Crippen molar-refractivity contribution in [3.05, 3.63) is 60.7 Å². The Bertz CT molecular complexity index is 1160. The van der Waals surface area contributed by atoms with Gasteiger partial charge in [-0.05, 0) is 42.8 Å². The molecule has 1 unspecified atom stereocenters. The van der Waals surface area contributed by atoms with E-state index in [1.54, 1.807) is 12.5 Å². The number of nitrogens with zero attached hydrogens (tertiary/aromatic N) is 5. The van der Waals surface area contributed by atoms with Crippen LogP contribution in [-0.4, -0.2) is 49.5 Å². The second-order valence-electron chi connectivity index (χ2n) is 7.29. The highest BCUT2D eigenvalue weighted by atomic mass is 16.1. The van der Waals surface area contributed by atoms with Crippen LogP contribution >= 0.6 is 0 Å². The van der Waals surface area contributed by atoms with Crippen molar-refractivity contribution in [3.63, 3.8) is 0 Å². The number of aryl methyl sites for hydroxylation is 1. The van der Waals surface area contributed by atoms with Crippen LogP contribution in [0.1, 0.15) is 16.8 Å². The molecule has 2 N–H and O–H groups in total. The summed E-state index contributed by atoms with van der Waals surface area (Å²) >= 11 is 0. The lowest BCUT2D eigenvalue weighted by molar-refractivity contribution is 0.0940. The van der Waals surface area contributed by atoms with Gasteiger partial charge in [0.2, 0.25) is 5.95 Å². The van der Waals surface area contributed by atoms with Gasteiger partial charge in [0, 0.05) is 44.1 Å². The third kappa shape index (κ3) is 3.33. The molecule has 29 heavy (non-hydrogen) atoms. The van der Waals surface area contributed by atoms with Crippen LogP contribution in [0.25, 0.3) is 22.4 Å². The van der Waals surface area contributed by atoms with Crippen LogP contribution in [0.15, 0.2) is 55.1 Å². The third-order valence-corrected chi connectivity index (χ3v) is 5.31. The van der Waals surface area contributed by atoms with Crippen LogP contribution in [-0.2, 0) is 7.05 Å². The van der Waals surface area contributed by atoms with E-state index in [4.69, 9.17) is 0 Å². The molecule has 1 aliphatic heterocycles. The molecule has 8 heteroatoms. The van der Waals surface area contributed by atoms with Gasteiger partial charge in [-0.2, -0.15) is 0 Å². The maximum Gasteiger partial charge on any atom is 0.251 e. The Morgan fingerprint density at radius 3 is 3.03 bits per heavy atom. The molecular formula is C21H21N7O. The Labute approximate surface area is 167 Å². The lowest BCUT2D eigenvalue weighted by Gasteiger charge is -2.17. The summed E-state index contributed by atoms with van der Waals surface area (Å²) in [5.74, 6) is 0.606. The van der Waals surface area contributed by atoms with Crippen molar-refractivity contribution in [2.45, 2.75) is 12.5 Å². The number of hydrogen-bond acceptors (Lipinski definition) is 5. The lowest BCUT2D eigenvalue weighted by Crippen LogP contribution is -2.37. The number of anilines is 1. The van der Waals surface area contributed by atoms with Crippen LogP contribution in [0, 0.1) is 0 Å². The molecule has 1 atom stereocenters. The highest BCUT2D eigenvalue weighted by Crippen LogP contribution is 2.21. The topological polar surface area (TPSA) is 91.7 Å². The number of H-pyrrole nitrogens is 1. The lowest BCUT2D eigenvalue weighted by atomic mass is 10.1. The first kappa shape index (κ1) is 17.4. The minimum atomic E-state index is -0.0783. The normalized spacial score (nSPS) is 16.4. The van der Waals surface area contributed by atoms with E-state index >= 15 is 0 Å². The molecule has 1 saturated heterocycles. The fraction of sp³-hybridized carbons (Fsp3) is 0.238. The summed E-state index contributed by atoms with van der Waals surface area (Å²) in [6, 6.07) is 11.5. The number of aromatic amines is 1. The second kappa shape index (κ2) is 7.05. The van der Waals surface area contributed by atoms with E-state index in [1.165, 1.54) is 0 Å². The SMILES string of the molecule is Cn1cnc2cc(C(=O)NC3CCN(c4nccc(-c5ccc[nH]5)n4)C3)ccc21. The number of hydrogen-bond donors (Lipinski definition) is 2. The maximum absolute atomic E-state index is 12.7. The number of carbonyl (C=O) groups is 1. The van der Waals surface area contributed by atoms with Gasteiger partial charge in [-0.15, -0.1) is 0 Å². The quantitative estimate of drug-likeness (QED) is 0.561. The van der Waals surface area contributed by atoms with E-state index in [0.29, 0.717) is 18.1 Å². The first-order valence-corrected chi connectivity index (χ1v) is 9.61. The fourth-order valence-corrected chi connectivity index (χ4v) is 3.75. The zero-order valence-electron chi connectivity index (χ0n) is 16.0. The van der Waals surface area contributed by atoms with Gasteiger partial charge >= 0.3 is 0 Å². The summed E-state index contributed by atoms with van der Waals surface area (Å²) in [7, 11) is 1.94.